The normalized spacial score (nSPS) is 18.1. The number of hydrogen-bond acceptors (Lipinski definition) is 6. The van der Waals surface area contributed by atoms with Crippen molar-refractivity contribution < 1.29 is 17.7 Å². The Bertz CT molecular complexity index is 1110. The standard InChI is InChI=1S/C22H27FN4O4S/c1-17-15-19(6-7-20(17)23)32(30,31)26-13-11-24(12-14-26)18-5-8-21(27(28)29)22(16-18)25-9-3-2-4-10-25/h5-8,15-16H,2-4,9-14H2,1H3. The molecule has 172 valence electrons. The van der Waals surface area contributed by atoms with Crippen molar-refractivity contribution >= 4 is 27.1 Å². The Kier molecular flexibility index (Phi) is 6.34. The number of nitrogens with zero attached hydrogens (tertiary/aromatic N) is 4. The van der Waals surface area contributed by atoms with Gasteiger partial charge in [-0.15, -0.1) is 0 Å². The number of benzene rings is 2. The molecule has 0 saturated carbocycles. The summed E-state index contributed by atoms with van der Waals surface area (Å²) in [7, 11) is -3.71. The molecule has 2 aromatic rings. The second-order valence-electron chi connectivity index (χ2n) is 8.28. The lowest BCUT2D eigenvalue weighted by molar-refractivity contribution is -0.384. The minimum absolute atomic E-state index is 0.0903. The maximum absolute atomic E-state index is 13.6. The Hall–Kier alpha value is -2.72. The van der Waals surface area contributed by atoms with E-state index in [2.05, 4.69) is 9.80 Å². The fourth-order valence-corrected chi connectivity index (χ4v) is 5.87. The molecule has 0 aliphatic carbocycles. The fourth-order valence-electron chi connectivity index (χ4n) is 4.36. The molecule has 0 unspecified atom stereocenters. The van der Waals surface area contributed by atoms with E-state index >= 15 is 0 Å². The van der Waals surface area contributed by atoms with Crippen LogP contribution in [0.25, 0.3) is 0 Å². The highest BCUT2D eigenvalue weighted by atomic mass is 32.2. The first-order valence-corrected chi connectivity index (χ1v) is 12.3. The third kappa shape index (κ3) is 4.42. The average Bonchev–Trinajstić information content (AvgIpc) is 2.81. The molecule has 4 rings (SSSR count). The number of halogens is 1. The number of hydrogen-bond donors (Lipinski definition) is 0. The first kappa shape index (κ1) is 22.5. The molecule has 0 atom stereocenters. The van der Waals surface area contributed by atoms with E-state index in [1.807, 2.05) is 6.07 Å². The Balaban J connectivity index is 1.51. The number of piperazine rings is 1. The van der Waals surface area contributed by atoms with Gasteiger partial charge in [0.25, 0.3) is 5.69 Å². The van der Waals surface area contributed by atoms with Gasteiger partial charge >= 0.3 is 0 Å². The quantitative estimate of drug-likeness (QED) is 0.499. The molecule has 0 bridgehead atoms. The van der Waals surface area contributed by atoms with Crippen molar-refractivity contribution in [3.05, 3.63) is 57.9 Å². The molecule has 2 aliphatic rings. The van der Waals surface area contributed by atoms with E-state index in [-0.39, 0.29) is 28.6 Å². The Morgan fingerprint density at radius 1 is 0.906 bits per heavy atom. The molecule has 2 heterocycles. The zero-order valence-electron chi connectivity index (χ0n) is 18.0. The minimum Gasteiger partial charge on any atom is -0.369 e. The molecule has 2 saturated heterocycles. The summed E-state index contributed by atoms with van der Waals surface area (Å²) >= 11 is 0. The molecule has 2 aromatic carbocycles. The van der Waals surface area contributed by atoms with E-state index in [0.29, 0.717) is 24.3 Å². The van der Waals surface area contributed by atoms with Crippen LogP contribution in [0, 0.1) is 22.9 Å². The Morgan fingerprint density at radius 3 is 2.22 bits per heavy atom. The third-order valence-corrected chi connectivity index (χ3v) is 8.12. The van der Waals surface area contributed by atoms with E-state index in [0.717, 1.165) is 38.0 Å². The van der Waals surface area contributed by atoms with Gasteiger partial charge in [-0.3, -0.25) is 10.1 Å². The van der Waals surface area contributed by atoms with Crippen LogP contribution in [0.2, 0.25) is 0 Å². The van der Waals surface area contributed by atoms with Gasteiger partial charge in [0.1, 0.15) is 11.5 Å². The zero-order chi connectivity index (χ0) is 22.9. The van der Waals surface area contributed by atoms with Crippen molar-refractivity contribution in [2.45, 2.75) is 31.1 Å². The number of nitro benzene ring substituents is 1. The molecular weight excluding hydrogens is 435 g/mol. The van der Waals surface area contributed by atoms with Crippen LogP contribution in [0.3, 0.4) is 0 Å². The first-order valence-electron chi connectivity index (χ1n) is 10.8. The second kappa shape index (κ2) is 9.03. The van der Waals surface area contributed by atoms with Crippen molar-refractivity contribution in [1.82, 2.24) is 4.31 Å². The van der Waals surface area contributed by atoms with Crippen LogP contribution < -0.4 is 9.80 Å². The zero-order valence-corrected chi connectivity index (χ0v) is 18.9. The summed E-state index contributed by atoms with van der Waals surface area (Å²) in [5.41, 5.74) is 1.87. The third-order valence-electron chi connectivity index (χ3n) is 6.22. The molecule has 0 amide bonds. The van der Waals surface area contributed by atoms with Gasteiger partial charge in [0, 0.05) is 51.0 Å². The largest absolute Gasteiger partial charge is 0.369 e. The highest BCUT2D eigenvalue weighted by Gasteiger charge is 2.30. The van der Waals surface area contributed by atoms with Crippen LogP contribution >= 0.6 is 0 Å². The summed E-state index contributed by atoms with van der Waals surface area (Å²) < 4.78 is 40.9. The molecule has 32 heavy (non-hydrogen) atoms. The monoisotopic (exact) mass is 462 g/mol. The predicted molar refractivity (Wildman–Crippen MR) is 121 cm³/mol. The molecule has 0 N–H and O–H groups in total. The van der Waals surface area contributed by atoms with Gasteiger partial charge in [-0.25, -0.2) is 12.8 Å². The summed E-state index contributed by atoms with van der Waals surface area (Å²) in [4.78, 5) is 15.4. The highest BCUT2D eigenvalue weighted by molar-refractivity contribution is 7.89. The van der Waals surface area contributed by atoms with Gasteiger partial charge < -0.3 is 9.80 Å². The molecule has 10 heteroatoms. The van der Waals surface area contributed by atoms with Crippen LogP contribution in [0.4, 0.5) is 21.5 Å². The van der Waals surface area contributed by atoms with Gasteiger partial charge in [0.05, 0.1) is 9.82 Å². The Labute approximate surface area is 187 Å². The molecule has 2 fully saturated rings. The lowest BCUT2D eigenvalue weighted by Crippen LogP contribution is -2.48. The summed E-state index contributed by atoms with van der Waals surface area (Å²) in [6.45, 7) is 4.65. The van der Waals surface area contributed by atoms with E-state index in [4.69, 9.17) is 0 Å². The van der Waals surface area contributed by atoms with Gasteiger partial charge in [0.15, 0.2) is 0 Å². The molecule has 8 nitrogen and oxygen atoms in total. The SMILES string of the molecule is Cc1cc(S(=O)(=O)N2CCN(c3ccc([N+](=O)[O-])c(N4CCCCC4)c3)CC2)ccc1F. The van der Waals surface area contributed by atoms with Crippen LogP contribution in [-0.2, 0) is 10.0 Å². The average molecular weight is 463 g/mol. The number of nitro groups is 1. The topological polar surface area (TPSA) is 87.0 Å². The number of rotatable bonds is 5. The lowest BCUT2D eigenvalue weighted by atomic mass is 10.1. The fraction of sp³-hybridized carbons (Fsp3) is 0.455. The maximum Gasteiger partial charge on any atom is 0.292 e. The first-order chi connectivity index (χ1) is 15.3. The van der Waals surface area contributed by atoms with Crippen LogP contribution in [0.15, 0.2) is 41.3 Å². The summed E-state index contributed by atoms with van der Waals surface area (Å²) in [5.74, 6) is -0.434. The molecule has 0 aromatic heterocycles. The molecular formula is C22H27FN4O4S. The van der Waals surface area contributed by atoms with E-state index in [1.165, 1.54) is 22.5 Å². The smallest absolute Gasteiger partial charge is 0.292 e. The second-order valence-corrected chi connectivity index (χ2v) is 10.2. The minimum atomic E-state index is -3.71. The predicted octanol–water partition coefficient (Wildman–Crippen LogP) is 3.54. The van der Waals surface area contributed by atoms with Crippen LogP contribution in [-0.4, -0.2) is 56.9 Å². The molecule has 0 spiro atoms. The van der Waals surface area contributed by atoms with Gasteiger partial charge in [-0.2, -0.15) is 4.31 Å². The van der Waals surface area contributed by atoms with E-state index < -0.39 is 15.8 Å². The Morgan fingerprint density at radius 2 is 1.59 bits per heavy atom. The van der Waals surface area contributed by atoms with Crippen molar-refractivity contribution in [2.75, 3.05) is 49.1 Å². The van der Waals surface area contributed by atoms with E-state index in [9.17, 15) is 22.9 Å². The number of sulfonamides is 1. The summed E-state index contributed by atoms with van der Waals surface area (Å²) in [6.07, 6.45) is 3.16. The number of piperidine rings is 1. The molecule has 2 aliphatic heterocycles. The van der Waals surface area contributed by atoms with Crippen LogP contribution in [0.1, 0.15) is 24.8 Å². The van der Waals surface area contributed by atoms with Crippen molar-refractivity contribution in [2.24, 2.45) is 0 Å². The van der Waals surface area contributed by atoms with Crippen molar-refractivity contribution in [1.29, 1.82) is 0 Å². The highest BCUT2D eigenvalue weighted by Crippen LogP contribution is 2.35. The van der Waals surface area contributed by atoms with E-state index in [1.54, 1.807) is 19.1 Å². The summed E-state index contributed by atoms with van der Waals surface area (Å²) in [6, 6.07) is 8.97. The molecule has 0 radical (unpaired) electrons. The maximum atomic E-state index is 13.6. The van der Waals surface area contributed by atoms with Crippen molar-refractivity contribution in [3.8, 4) is 0 Å². The van der Waals surface area contributed by atoms with Gasteiger partial charge in [0.2, 0.25) is 10.0 Å². The number of aryl methyl sites for hydroxylation is 1. The van der Waals surface area contributed by atoms with Gasteiger partial charge in [-0.05, 0) is 62.1 Å². The van der Waals surface area contributed by atoms with Gasteiger partial charge in [-0.1, -0.05) is 0 Å². The van der Waals surface area contributed by atoms with Crippen LogP contribution in [0.5, 0.6) is 0 Å². The summed E-state index contributed by atoms with van der Waals surface area (Å²) in [5, 5.41) is 11.6. The van der Waals surface area contributed by atoms with Crippen molar-refractivity contribution in [3.63, 3.8) is 0 Å². The number of anilines is 2. The lowest BCUT2D eigenvalue weighted by Gasteiger charge is -2.36.